The highest BCUT2D eigenvalue weighted by Crippen LogP contribution is 2.24. The van der Waals surface area contributed by atoms with Gasteiger partial charge in [0.05, 0.1) is 30.0 Å². The van der Waals surface area contributed by atoms with Crippen LogP contribution in [-0.2, 0) is 11.2 Å². The Morgan fingerprint density at radius 2 is 2.07 bits per heavy atom. The van der Waals surface area contributed by atoms with Gasteiger partial charge in [-0.3, -0.25) is 14.9 Å². The van der Waals surface area contributed by atoms with E-state index in [9.17, 15) is 9.59 Å². The van der Waals surface area contributed by atoms with E-state index < -0.39 is 0 Å². The number of carbonyl (C=O) groups is 2. The SMILES string of the molecule is Cc1occc1C(=O)Nc1nc(CC(=O)N[C@H](C)c2cc3ccccc3o2)cs1. The van der Waals surface area contributed by atoms with Crippen LogP contribution in [0.4, 0.5) is 5.13 Å². The first kappa shape index (κ1) is 18.9. The Kier molecular flexibility index (Phi) is 5.18. The Bertz CT molecular complexity index is 1140. The number of fused-ring (bicyclic) bond motifs is 1. The first-order chi connectivity index (χ1) is 14.0. The highest BCUT2D eigenvalue weighted by atomic mass is 32.1. The fraction of sp³-hybridized carbons (Fsp3) is 0.190. The molecule has 1 atom stereocenters. The third kappa shape index (κ3) is 4.22. The van der Waals surface area contributed by atoms with Crippen LogP contribution in [0.1, 0.15) is 40.5 Å². The van der Waals surface area contributed by atoms with Crippen molar-refractivity contribution in [1.29, 1.82) is 0 Å². The van der Waals surface area contributed by atoms with Crippen LogP contribution in [0.5, 0.6) is 0 Å². The molecule has 0 fully saturated rings. The van der Waals surface area contributed by atoms with Gasteiger partial charge in [-0.05, 0) is 32.0 Å². The topological polar surface area (TPSA) is 97.4 Å². The lowest BCUT2D eigenvalue weighted by atomic mass is 10.2. The average molecular weight is 409 g/mol. The van der Waals surface area contributed by atoms with E-state index >= 15 is 0 Å². The summed E-state index contributed by atoms with van der Waals surface area (Å²) in [7, 11) is 0. The van der Waals surface area contributed by atoms with E-state index in [2.05, 4.69) is 15.6 Å². The van der Waals surface area contributed by atoms with Crippen molar-refractivity contribution in [2.45, 2.75) is 26.3 Å². The van der Waals surface area contributed by atoms with E-state index in [0.717, 1.165) is 11.0 Å². The zero-order chi connectivity index (χ0) is 20.4. The molecule has 3 aromatic heterocycles. The normalized spacial score (nSPS) is 12.1. The lowest BCUT2D eigenvalue weighted by molar-refractivity contribution is -0.121. The predicted octanol–water partition coefficient (Wildman–Crippen LogP) is 4.46. The number of aromatic nitrogens is 1. The number of amides is 2. The second-order valence-corrected chi connectivity index (χ2v) is 7.50. The number of aryl methyl sites for hydroxylation is 1. The lowest BCUT2D eigenvalue weighted by Crippen LogP contribution is -2.28. The number of furan rings is 2. The Morgan fingerprint density at radius 3 is 2.83 bits per heavy atom. The van der Waals surface area contributed by atoms with Crippen LogP contribution in [0.15, 0.2) is 56.9 Å². The number of hydrogen-bond acceptors (Lipinski definition) is 6. The Balaban J connectivity index is 1.35. The zero-order valence-electron chi connectivity index (χ0n) is 15.9. The van der Waals surface area contributed by atoms with Crippen molar-refractivity contribution < 1.29 is 18.4 Å². The van der Waals surface area contributed by atoms with Gasteiger partial charge >= 0.3 is 0 Å². The van der Waals surface area contributed by atoms with E-state index in [1.54, 1.807) is 18.4 Å². The van der Waals surface area contributed by atoms with Crippen LogP contribution < -0.4 is 10.6 Å². The van der Waals surface area contributed by atoms with Crippen LogP contribution in [0, 0.1) is 6.92 Å². The Labute approximate surface area is 170 Å². The third-order valence-electron chi connectivity index (χ3n) is 4.47. The van der Waals surface area contributed by atoms with Crippen LogP contribution in [0.2, 0.25) is 0 Å². The third-order valence-corrected chi connectivity index (χ3v) is 5.27. The van der Waals surface area contributed by atoms with Gasteiger partial charge in [0.1, 0.15) is 17.1 Å². The molecule has 8 heteroatoms. The summed E-state index contributed by atoms with van der Waals surface area (Å²) in [6.45, 7) is 3.59. The summed E-state index contributed by atoms with van der Waals surface area (Å²) in [5, 5.41) is 8.82. The van der Waals surface area contributed by atoms with Crippen molar-refractivity contribution in [3.05, 3.63) is 70.8 Å². The molecule has 1 aromatic carbocycles. The minimum Gasteiger partial charge on any atom is -0.469 e. The molecular formula is C21H19N3O4S. The predicted molar refractivity (Wildman–Crippen MR) is 110 cm³/mol. The molecule has 0 bridgehead atoms. The van der Waals surface area contributed by atoms with Gasteiger partial charge < -0.3 is 14.2 Å². The molecule has 3 heterocycles. The largest absolute Gasteiger partial charge is 0.469 e. The van der Waals surface area contributed by atoms with Gasteiger partial charge in [0, 0.05) is 10.8 Å². The second-order valence-electron chi connectivity index (χ2n) is 6.64. The van der Waals surface area contributed by atoms with E-state index in [4.69, 9.17) is 8.83 Å². The van der Waals surface area contributed by atoms with Crippen molar-refractivity contribution in [2.75, 3.05) is 5.32 Å². The van der Waals surface area contributed by atoms with Gasteiger partial charge in [-0.1, -0.05) is 18.2 Å². The van der Waals surface area contributed by atoms with Crippen molar-refractivity contribution in [3.8, 4) is 0 Å². The quantitative estimate of drug-likeness (QED) is 0.490. The maximum absolute atomic E-state index is 12.4. The molecule has 0 spiro atoms. The zero-order valence-corrected chi connectivity index (χ0v) is 16.7. The lowest BCUT2D eigenvalue weighted by Gasteiger charge is -2.10. The molecule has 0 aliphatic rings. The van der Waals surface area contributed by atoms with Crippen molar-refractivity contribution >= 4 is 39.3 Å². The maximum Gasteiger partial charge on any atom is 0.260 e. The van der Waals surface area contributed by atoms with Gasteiger partial charge in [0.15, 0.2) is 5.13 Å². The van der Waals surface area contributed by atoms with Crippen LogP contribution in [0.3, 0.4) is 0 Å². The molecular weight excluding hydrogens is 390 g/mol. The van der Waals surface area contributed by atoms with E-state index in [0.29, 0.717) is 27.9 Å². The van der Waals surface area contributed by atoms with Crippen LogP contribution in [0.25, 0.3) is 11.0 Å². The van der Waals surface area contributed by atoms with E-state index in [1.807, 2.05) is 37.3 Å². The number of anilines is 1. The second kappa shape index (κ2) is 7.92. The number of hydrogen-bond donors (Lipinski definition) is 2. The summed E-state index contributed by atoms with van der Waals surface area (Å²) in [6, 6.07) is 11.0. The summed E-state index contributed by atoms with van der Waals surface area (Å²) in [5.74, 6) is 0.770. The fourth-order valence-corrected chi connectivity index (χ4v) is 3.68. The minimum atomic E-state index is -0.292. The number of carbonyl (C=O) groups excluding carboxylic acids is 2. The molecule has 29 heavy (non-hydrogen) atoms. The standard InChI is InChI=1S/C21H19N3O4S/c1-12(18-9-14-5-3-4-6-17(14)28-18)22-19(25)10-15-11-29-21(23-15)24-20(26)16-7-8-27-13(16)2/h3-9,11-12H,10H2,1-2H3,(H,22,25)(H,23,24,26)/t12-/m1/s1. The minimum absolute atomic E-state index is 0.113. The number of nitrogens with one attached hydrogen (secondary N) is 2. The molecule has 0 aliphatic carbocycles. The summed E-state index contributed by atoms with van der Waals surface area (Å²) >= 11 is 1.27. The van der Waals surface area contributed by atoms with Crippen molar-refractivity contribution in [2.24, 2.45) is 0 Å². The summed E-state index contributed by atoms with van der Waals surface area (Å²) in [6.07, 6.45) is 1.58. The number of nitrogens with zero attached hydrogens (tertiary/aromatic N) is 1. The highest BCUT2D eigenvalue weighted by Gasteiger charge is 2.17. The molecule has 4 aromatic rings. The maximum atomic E-state index is 12.4. The number of para-hydroxylation sites is 1. The van der Waals surface area contributed by atoms with Crippen LogP contribution in [-0.4, -0.2) is 16.8 Å². The molecule has 4 rings (SSSR count). The first-order valence-corrected chi connectivity index (χ1v) is 9.95. The van der Waals surface area contributed by atoms with Gasteiger partial charge in [-0.25, -0.2) is 4.98 Å². The summed E-state index contributed by atoms with van der Waals surface area (Å²) < 4.78 is 10.9. The molecule has 148 valence electrons. The Morgan fingerprint density at radius 1 is 1.24 bits per heavy atom. The summed E-state index contributed by atoms with van der Waals surface area (Å²) in [5.41, 5.74) is 1.83. The average Bonchev–Trinajstić information content (AvgIpc) is 3.41. The molecule has 2 amide bonds. The van der Waals surface area contributed by atoms with Gasteiger partial charge in [-0.2, -0.15) is 0 Å². The Hall–Kier alpha value is -3.39. The molecule has 0 radical (unpaired) electrons. The molecule has 7 nitrogen and oxygen atoms in total. The van der Waals surface area contributed by atoms with Gasteiger partial charge in [-0.15, -0.1) is 11.3 Å². The van der Waals surface area contributed by atoms with E-state index in [-0.39, 0.29) is 24.3 Å². The van der Waals surface area contributed by atoms with Gasteiger partial charge in [0.2, 0.25) is 5.91 Å². The molecule has 2 N–H and O–H groups in total. The molecule has 0 saturated heterocycles. The first-order valence-electron chi connectivity index (χ1n) is 9.07. The molecule has 0 aliphatic heterocycles. The number of rotatable bonds is 6. The van der Waals surface area contributed by atoms with E-state index in [1.165, 1.54) is 17.6 Å². The monoisotopic (exact) mass is 409 g/mol. The fourth-order valence-electron chi connectivity index (χ4n) is 2.97. The number of benzene rings is 1. The van der Waals surface area contributed by atoms with Gasteiger partial charge in [0.25, 0.3) is 5.91 Å². The highest BCUT2D eigenvalue weighted by molar-refractivity contribution is 7.14. The smallest absolute Gasteiger partial charge is 0.260 e. The van der Waals surface area contributed by atoms with Crippen molar-refractivity contribution in [1.82, 2.24) is 10.3 Å². The molecule has 0 saturated carbocycles. The summed E-state index contributed by atoms with van der Waals surface area (Å²) in [4.78, 5) is 28.9. The molecule has 0 unspecified atom stereocenters. The number of thiazole rings is 1. The van der Waals surface area contributed by atoms with Crippen LogP contribution >= 0.6 is 11.3 Å². The van der Waals surface area contributed by atoms with Crippen molar-refractivity contribution in [3.63, 3.8) is 0 Å².